The number of nitrogens with zero attached hydrogens (tertiary/aromatic N) is 2. The summed E-state index contributed by atoms with van der Waals surface area (Å²) in [6.45, 7) is 1.57. The average molecular weight is 650 g/mol. The van der Waals surface area contributed by atoms with Crippen molar-refractivity contribution in [1.29, 1.82) is 0 Å². The zero-order valence-corrected chi connectivity index (χ0v) is 25.4. The first-order chi connectivity index (χ1) is 21.2. The summed E-state index contributed by atoms with van der Waals surface area (Å²) in [6, 6.07) is 19.0. The van der Waals surface area contributed by atoms with Gasteiger partial charge in [0.05, 0.1) is 28.8 Å². The van der Waals surface area contributed by atoms with Gasteiger partial charge in [-0.05, 0) is 61.5 Å². The Hall–Kier alpha value is -4.39. The van der Waals surface area contributed by atoms with E-state index >= 15 is 0 Å². The van der Waals surface area contributed by atoms with E-state index in [9.17, 15) is 29.1 Å². The smallest absolute Gasteiger partial charge is 0.338 e. The maximum absolute atomic E-state index is 14.0. The van der Waals surface area contributed by atoms with Crippen molar-refractivity contribution in [2.75, 3.05) is 16.8 Å². The number of aromatic nitrogens is 1. The highest BCUT2D eigenvalue weighted by Crippen LogP contribution is 2.55. The number of benzene rings is 3. The minimum Gasteiger partial charge on any atom is -0.508 e. The van der Waals surface area contributed by atoms with Crippen LogP contribution in [0.1, 0.15) is 33.6 Å². The lowest BCUT2D eigenvalue weighted by atomic mass is 9.82. The van der Waals surface area contributed by atoms with Gasteiger partial charge in [0.15, 0.2) is 0 Å². The van der Waals surface area contributed by atoms with Gasteiger partial charge in [0.2, 0.25) is 17.7 Å². The number of thioether (sulfide) groups is 1. The molecule has 224 valence electrons. The lowest BCUT2D eigenvalue weighted by Gasteiger charge is -2.31. The van der Waals surface area contributed by atoms with Crippen LogP contribution in [0.15, 0.2) is 82.6 Å². The molecule has 2 N–H and O–H groups in total. The molecule has 2 aliphatic heterocycles. The Morgan fingerprint density at radius 1 is 0.977 bits per heavy atom. The van der Waals surface area contributed by atoms with Crippen LogP contribution in [0.5, 0.6) is 5.75 Å². The second-order valence-corrected chi connectivity index (χ2v) is 12.6. The molecule has 3 atom stereocenters. The zero-order chi connectivity index (χ0) is 31.1. The molecule has 0 spiro atoms. The number of rotatable bonds is 7. The maximum atomic E-state index is 14.0. The van der Waals surface area contributed by atoms with Gasteiger partial charge in [-0.15, -0.1) is 0 Å². The molecule has 0 aliphatic carbocycles. The van der Waals surface area contributed by atoms with Crippen LogP contribution in [-0.4, -0.2) is 45.2 Å². The standard InChI is InChI=1S/C31H24ClN3O7S2/c1-2-42-30(40)16-7-13-19(14-8-16)35-27(38)24-23(20-5-3-4-6-21(20)36)26-29(43-25(24)28(35)39)34(31(41)44-26)15-22(37)33-18-11-9-17(32)10-12-18/h3-14,23-25,36H,2,15H2,1H3,(H,33,37)/t23-,24+,25-/m0/s1. The number of amides is 3. The molecule has 0 radical (unpaired) electrons. The Morgan fingerprint density at radius 2 is 1.68 bits per heavy atom. The van der Waals surface area contributed by atoms with Gasteiger partial charge >= 0.3 is 10.8 Å². The molecule has 10 nitrogen and oxygen atoms in total. The first-order valence-electron chi connectivity index (χ1n) is 13.6. The van der Waals surface area contributed by atoms with Crippen LogP contribution in [0.4, 0.5) is 11.4 Å². The molecule has 13 heteroatoms. The summed E-state index contributed by atoms with van der Waals surface area (Å²) in [6.07, 6.45) is 0. The highest BCUT2D eigenvalue weighted by atomic mass is 35.5. The number of carbonyl (C=O) groups excluding carboxylic acids is 4. The summed E-state index contributed by atoms with van der Waals surface area (Å²) in [7, 11) is 0. The van der Waals surface area contributed by atoms with E-state index in [1.54, 1.807) is 49.4 Å². The van der Waals surface area contributed by atoms with Crippen LogP contribution < -0.4 is 15.1 Å². The zero-order valence-electron chi connectivity index (χ0n) is 23.1. The Labute approximate surface area is 264 Å². The van der Waals surface area contributed by atoms with Crippen LogP contribution >= 0.6 is 34.7 Å². The van der Waals surface area contributed by atoms with Gasteiger partial charge in [-0.3, -0.25) is 23.7 Å². The van der Waals surface area contributed by atoms with Crippen LogP contribution in [0.3, 0.4) is 0 Å². The molecule has 1 saturated heterocycles. The summed E-state index contributed by atoms with van der Waals surface area (Å²) in [4.78, 5) is 67.5. The van der Waals surface area contributed by atoms with E-state index in [2.05, 4.69) is 5.32 Å². The van der Waals surface area contributed by atoms with Crippen molar-refractivity contribution in [1.82, 2.24) is 4.57 Å². The third-order valence-corrected chi connectivity index (χ3v) is 10.2. The summed E-state index contributed by atoms with van der Waals surface area (Å²) < 4.78 is 6.33. The summed E-state index contributed by atoms with van der Waals surface area (Å²) >= 11 is 7.88. The molecular formula is C31H24ClN3O7S2. The van der Waals surface area contributed by atoms with E-state index in [1.165, 1.54) is 34.9 Å². The number of phenolic OH excluding ortho intramolecular Hbond substituents is 1. The first kappa shape index (κ1) is 29.7. The number of hydrogen-bond acceptors (Lipinski definition) is 9. The minimum absolute atomic E-state index is 0.0838. The number of fused-ring (bicyclic) bond motifs is 2. The van der Waals surface area contributed by atoms with Crippen molar-refractivity contribution >= 4 is 69.8 Å². The predicted molar refractivity (Wildman–Crippen MR) is 167 cm³/mol. The van der Waals surface area contributed by atoms with E-state index in [0.717, 1.165) is 28.0 Å². The number of aromatic hydroxyl groups is 1. The van der Waals surface area contributed by atoms with E-state index in [4.69, 9.17) is 16.3 Å². The summed E-state index contributed by atoms with van der Waals surface area (Å²) in [5.74, 6) is -3.83. The van der Waals surface area contributed by atoms with Crippen LogP contribution in [0.25, 0.3) is 0 Å². The Balaban J connectivity index is 1.38. The summed E-state index contributed by atoms with van der Waals surface area (Å²) in [5, 5.41) is 13.6. The first-order valence-corrected chi connectivity index (χ1v) is 15.6. The highest BCUT2D eigenvalue weighted by molar-refractivity contribution is 8.00. The molecule has 2 aliphatic rings. The molecule has 3 amide bonds. The number of nitrogens with one attached hydrogen (secondary N) is 1. The third-order valence-electron chi connectivity index (χ3n) is 7.39. The predicted octanol–water partition coefficient (Wildman–Crippen LogP) is 4.88. The van der Waals surface area contributed by atoms with Crippen LogP contribution in [-0.2, 0) is 25.7 Å². The average Bonchev–Trinajstić information content (AvgIpc) is 3.45. The van der Waals surface area contributed by atoms with Gasteiger partial charge in [-0.1, -0.05) is 52.9 Å². The van der Waals surface area contributed by atoms with Crippen LogP contribution in [0, 0.1) is 5.92 Å². The number of imide groups is 1. The molecule has 44 heavy (non-hydrogen) atoms. The second-order valence-electron chi connectivity index (χ2n) is 10.1. The fourth-order valence-electron chi connectivity index (χ4n) is 5.43. The lowest BCUT2D eigenvalue weighted by Crippen LogP contribution is -2.33. The number of phenols is 1. The van der Waals surface area contributed by atoms with Crippen molar-refractivity contribution in [3.8, 4) is 5.75 Å². The molecule has 4 aromatic rings. The van der Waals surface area contributed by atoms with Gasteiger partial charge in [-0.25, -0.2) is 9.69 Å². The van der Waals surface area contributed by atoms with Crippen molar-refractivity contribution in [2.24, 2.45) is 5.92 Å². The molecule has 0 unspecified atom stereocenters. The number of halogens is 1. The summed E-state index contributed by atoms with van der Waals surface area (Å²) in [5.41, 5.74) is 1.44. The second kappa shape index (κ2) is 11.9. The molecule has 1 fully saturated rings. The monoisotopic (exact) mass is 649 g/mol. The van der Waals surface area contributed by atoms with Gasteiger partial charge in [-0.2, -0.15) is 0 Å². The molecule has 0 bridgehead atoms. The molecule has 0 saturated carbocycles. The normalized spacial score (nSPS) is 19.0. The third kappa shape index (κ3) is 5.29. The highest BCUT2D eigenvalue weighted by Gasteiger charge is 2.57. The fraction of sp³-hybridized carbons (Fsp3) is 0.194. The van der Waals surface area contributed by atoms with Crippen molar-refractivity contribution in [3.63, 3.8) is 0 Å². The Kier molecular flexibility index (Phi) is 8.06. The number of anilines is 2. The molecular weight excluding hydrogens is 626 g/mol. The maximum Gasteiger partial charge on any atom is 0.338 e. The largest absolute Gasteiger partial charge is 0.508 e. The van der Waals surface area contributed by atoms with E-state index in [0.29, 0.717) is 26.2 Å². The van der Waals surface area contributed by atoms with Gasteiger partial charge < -0.3 is 15.2 Å². The molecule has 3 heterocycles. The SMILES string of the molecule is CCOC(=O)c1ccc(N2C(=O)[C@@H]3[C@H](c4ccccc4O)c4sc(=O)n(CC(=O)Nc5ccc(Cl)cc5)c4S[C@@H]3C2=O)cc1. The molecule has 3 aromatic carbocycles. The van der Waals surface area contributed by atoms with Crippen LogP contribution in [0.2, 0.25) is 5.02 Å². The van der Waals surface area contributed by atoms with E-state index in [-0.39, 0.29) is 30.2 Å². The van der Waals surface area contributed by atoms with E-state index < -0.39 is 45.6 Å². The number of hydrogen-bond donors (Lipinski definition) is 2. The number of esters is 1. The Morgan fingerprint density at radius 3 is 2.36 bits per heavy atom. The van der Waals surface area contributed by atoms with Crippen molar-refractivity contribution in [3.05, 3.63) is 103 Å². The number of para-hydroxylation sites is 1. The van der Waals surface area contributed by atoms with Crippen molar-refractivity contribution < 1.29 is 29.0 Å². The lowest BCUT2D eigenvalue weighted by molar-refractivity contribution is -0.122. The van der Waals surface area contributed by atoms with Gasteiger partial charge in [0, 0.05) is 27.1 Å². The number of carbonyl (C=O) groups is 4. The fourth-order valence-corrected chi connectivity index (χ4v) is 8.32. The number of ether oxygens (including phenoxy) is 1. The van der Waals surface area contributed by atoms with E-state index in [1.807, 2.05) is 0 Å². The Bertz CT molecular complexity index is 1850. The van der Waals surface area contributed by atoms with Gasteiger partial charge in [0.1, 0.15) is 17.5 Å². The number of thiazole rings is 1. The molecule has 6 rings (SSSR count). The quantitative estimate of drug-likeness (QED) is 0.214. The van der Waals surface area contributed by atoms with Crippen molar-refractivity contribution in [2.45, 2.75) is 29.7 Å². The molecule has 1 aromatic heterocycles. The minimum atomic E-state index is -0.941. The topological polar surface area (TPSA) is 135 Å². The van der Waals surface area contributed by atoms with Gasteiger partial charge in [0.25, 0.3) is 0 Å².